The van der Waals surface area contributed by atoms with E-state index in [2.05, 4.69) is 5.32 Å². The van der Waals surface area contributed by atoms with Gasteiger partial charge in [-0.15, -0.1) is 0 Å². The second-order valence-corrected chi connectivity index (χ2v) is 7.12. The molecule has 0 fully saturated rings. The molecule has 1 aromatic carbocycles. The van der Waals surface area contributed by atoms with E-state index < -0.39 is 11.7 Å². The fourth-order valence-corrected chi connectivity index (χ4v) is 2.07. The van der Waals surface area contributed by atoms with Crippen LogP contribution in [-0.2, 0) is 20.9 Å². The van der Waals surface area contributed by atoms with Gasteiger partial charge in [-0.05, 0) is 46.1 Å². The summed E-state index contributed by atoms with van der Waals surface area (Å²) in [6.45, 7) is 9.49. The molecule has 0 spiro atoms. The Morgan fingerprint density at radius 3 is 2.29 bits per heavy atom. The number of hydrogen-bond donors (Lipinski definition) is 1. The minimum atomic E-state index is -0.516. The molecule has 0 unspecified atom stereocenters. The fraction of sp³-hybridized carbons (Fsp3) is 0.579. The van der Waals surface area contributed by atoms with Gasteiger partial charge in [-0.2, -0.15) is 0 Å². The molecule has 1 amide bonds. The molecule has 0 heterocycles. The van der Waals surface area contributed by atoms with Gasteiger partial charge < -0.3 is 14.8 Å². The number of amides is 1. The molecule has 0 radical (unpaired) electrons. The SMILES string of the molecule is C[C@H](CC[C@H](C)C(=O)OCc1ccccc1)NC(=O)OC(C)(C)C. The molecule has 1 N–H and O–H groups in total. The summed E-state index contributed by atoms with van der Waals surface area (Å²) < 4.78 is 10.5. The van der Waals surface area contributed by atoms with Crippen LogP contribution in [0.15, 0.2) is 30.3 Å². The number of rotatable bonds is 7. The Bertz CT molecular complexity index is 522. The van der Waals surface area contributed by atoms with Crippen LogP contribution >= 0.6 is 0 Å². The van der Waals surface area contributed by atoms with Crippen molar-refractivity contribution >= 4 is 12.1 Å². The lowest BCUT2D eigenvalue weighted by Gasteiger charge is -2.22. The predicted molar refractivity (Wildman–Crippen MR) is 93.5 cm³/mol. The summed E-state index contributed by atoms with van der Waals surface area (Å²) in [7, 11) is 0. The van der Waals surface area contributed by atoms with Gasteiger partial charge in [0.1, 0.15) is 12.2 Å². The van der Waals surface area contributed by atoms with Crippen LogP contribution in [0, 0.1) is 5.92 Å². The zero-order valence-electron chi connectivity index (χ0n) is 15.3. The Balaban J connectivity index is 2.27. The van der Waals surface area contributed by atoms with Crippen LogP contribution in [0.2, 0.25) is 0 Å². The van der Waals surface area contributed by atoms with Gasteiger partial charge in [-0.25, -0.2) is 4.79 Å². The molecular formula is C19H29NO4. The van der Waals surface area contributed by atoms with Crippen molar-refractivity contribution in [1.82, 2.24) is 5.32 Å². The highest BCUT2D eigenvalue weighted by atomic mass is 16.6. The van der Waals surface area contributed by atoms with Crippen molar-refractivity contribution in [3.8, 4) is 0 Å². The Kier molecular flexibility index (Phi) is 7.75. The molecule has 0 aliphatic carbocycles. The van der Waals surface area contributed by atoms with Crippen LogP contribution in [0.1, 0.15) is 53.0 Å². The highest BCUT2D eigenvalue weighted by Gasteiger charge is 2.19. The lowest BCUT2D eigenvalue weighted by molar-refractivity contribution is -0.149. The first-order valence-electron chi connectivity index (χ1n) is 8.37. The van der Waals surface area contributed by atoms with Crippen molar-refractivity contribution in [2.75, 3.05) is 0 Å². The van der Waals surface area contributed by atoms with E-state index in [0.717, 1.165) is 5.56 Å². The third-order valence-corrected chi connectivity index (χ3v) is 3.42. The quantitative estimate of drug-likeness (QED) is 0.763. The average molecular weight is 335 g/mol. The molecule has 0 aliphatic rings. The third-order valence-electron chi connectivity index (χ3n) is 3.42. The monoisotopic (exact) mass is 335 g/mol. The minimum absolute atomic E-state index is 0.0655. The molecule has 1 rings (SSSR count). The molecule has 0 saturated carbocycles. The highest BCUT2D eigenvalue weighted by molar-refractivity contribution is 5.72. The van der Waals surface area contributed by atoms with Crippen LogP contribution in [0.5, 0.6) is 0 Å². The lowest BCUT2D eigenvalue weighted by atomic mass is 10.0. The number of carbonyl (C=O) groups is 2. The van der Waals surface area contributed by atoms with Crippen molar-refractivity contribution in [2.45, 2.75) is 65.7 Å². The molecule has 0 aliphatic heterocycles. The molecular weight excluding hydrogens is 306 g/mol. The van der Waals surface area contributed by atoms with Gasteiger partial charge in [0.05, 0.1) is 5.92 Å². The fourth-order valence-electron chi connectivity index (χ4n) is 2.07. The first-order valence-corrected chi connectivity index (χ1v) is 8.37. The largest absolute Gasteiger partial charge is 0.461 e. The highest BCUT2D eigenvalue weighted by Crippen LogP contribution is 2.13. The van der Waals surface area contributed by atoms with Gasteiger partial charge in [0, 0.05) is 6.04 Å². The van der Waals surface area contributed by atoms with Crippen molar-refractivity contribution in [2.24, 2.45) is 5.92 Å². The molecule has 5 heteroatoms. The molecule has 134 valence electrons. The summed E-state index contributed by atoms with van der Waals surface area (Å²) in [6, 6.07) is 9.53. The van der Waals surface area contributed by atoms with Gasteiger partial charge in [0.15, 0.2) is 0 Å². The van der Waals surface area contributed by atoms with E-state index in [0.29, 0.717) is 12.8 Å². The van der Waals surface area contributed by atoms with Gasteiger partial charge in [-0.3, -0.25) is 4.79 Å². The Morgan fingerprint density at radius 2 is 1.71 bits per heavy atom. The predicted octanol–water partition coefficient (Wildman–Crippen LogP) is 4.06. The molecule has 24 heavy (non-hydrogen) atoms. The molecule has 5 nitrogen and oxygen atoms in total. The normalized spacial score (nSPS) is 13.7. The van der Waals surface area contributed by atoms with Gasteiger partial charge >= 0.3 is 12.1 Å². The number of ether oxygens (including phenoxy) is 2. The van der Waals surface area contributed by atoms with E-state index >= 15 is 0 Å². The van der Waals surface area contributed by atoms with Gasteiger partial charge in [0.25, 0.3) is 0 Å². The first kappa shape index (κ1) is 20.0. The number of alkyl carbamates (subject to hydrolysis) is 1. The Morgan fingerprint density at radius 1 is 1.08 bits per heavy atom. The van der Waals surface area contributed by atoms with Crippen molar-refractivity contribution in [3.05, 3.63) is 35.9 Å². The van der Waals surface area contributed by atoms with Crippen molar-refractivity contribution in [1.29, 1.82) is 0 Å². The van der Waals surface area contributed by atoms with Crippen molar-refractivity contribution < 1.29 is 19.1 Å². The summed E-state index contributed by atoms with van der Waals surface area (Å²) in [4.78, 5) is 23.7. The Labute approximate surface area is 144 Å². The zero-order valence-corrected chi connectivity index (χ0v) is 15.3. The van der Waals surface area contributed by atoms with Gasteiger partial charge in [-0.1, -0.05) is 37.3 Å². The van der Waals surface area contributed by atoms with E-state index in [9.17, 15) is 9.59 Å². The molecule has 1 aromatic rings. The maximum Gasteiger partial charge on any atom is 0.407 e. The van der Waals surface area contributed by atoms with Gasteiger partial charge in [0.2, 0.25) is 0 Å². The van der Waals surface area contributed by atoms with Crippen molar-refractivity contribution in [3.63, 3.8) is 0 Å². The topological polar surface area (TPSA) is 64.6 Å². The smallest absolute Gasteiger partial charge is 0.407 e. The molecule has 2 atom stereocenters. The van der Waals surface area contributed by atoms with E-state index in [1.54, 1.807) is 0 Å². The molecule has 0 bridgehead atoms. The van der Waals surface area contributed by atoms with E-state index in [4.69, 9.17) is 9.47 Å². The lowest BCUT2D eigenvalue weighted by Crippen LogP contribution is -2.38. The summed E-state index contributed by atoms with van der Waals surface area (Å²) in [5, 5.41) is 2.78. The summed E-state index contributed by atoms with van der Waals surface area (Å²) >= 11 is 0. The number of benzene rings is 1. The van der Waals surface area contributed by atoms with Crippen LogP contribution < -0.4 is 5.32 Å². The van der Waals surface area contributed by atoms with Crippen LogP contribution in [0.3, 0.4) is 0 Å². The second-order valence-electron chi connectivity index (χ2n) is 7.12. The number of esters is 1. The Hall–Kier alpha value is -2.04. The van der Waals surface area contributed by atoms with Crippen LogP contribution in [-0.4, -0.2) is 23.7 Å². The summed E-state index contributed by atoms with van der Waals surface area (Å²) in [5.74, 6) is -0.431. The molecule has 0 saturated heterocycles. The maximum atomic E-state index is 12.0. The van der Waals surface area contributed by atoms with Crippen LogP contribution in [0.25, 0.3) is 0 Å². The number of carbonyl (C=O) groups excluding carboxylic acids is 2. The van der Waals surface area contributed by atoms with Crippen LogP contribution in [0.4, 0.5) is 4.79 Å². The first-order chi connectivity index (χ1) is 11.2. The third kappa shape index (κ3) is 8.56. The maximum absolute atomic E-state index is 12.0. The average Bonchev–Trinajstić information content (AvgIpc) is 2.49. The zero-order chi connectivity index (χ0) is 18.2. The minimum Gasteiger partial charge on any atom is -0.461 e. The summed E-state index contributed by atoms with van der Waals surface area (Å²) in [5.41, 5.74) is 0.455. The number of nitrogens with one attached hydrogen (secondary N) is 1. The van der Waals surface area contributed by atoms with E-state index in [1.165, 1.54) is 0 Å². The second kappa shape index (κ2) is 9.30. The van der Waals surface area contributed by atoms with E-state index in [1.807, 2.05) is 65.0 Å². The van der Waals surface area contributed by atoms with E-state index in [-0.39, 0.29) is 24.5 Å². The standard InChI is InChI=1S/C19H29NO4/c1-14(17(21)23-13-16-9-7-6-8-10-16)11-12-15(2)20-18(22)24-19(3,4)5/h6-10,14-15H,11-13H2,1-5H3,(H,20,22)/t14-,15+/m0/s1. The number of hydrogen-bond acceptors (Lipinski definition) is 4. The summed E-state index contributed by atoms with van der Waals surface area (Å²) in [6.07, 6.45) is 0.889. The molecule has 0 aromatic heterocycles.